The van der Waals surface area contributed by atoms with Crippen LogP contribution < -0.4 is 0 Å². The highest BCUT2D eigenvalue weighted by molar-refractivity contribution is 7.93. The standard InChI is InChI=1S/C8H10O2S/c9-11(10)7-3-1-2-4-8(11)6-5-7/h1,3,5-8H,2,4H2/t7-,8+/m1/s1. The summed E-state index contributed by atoms with van der Waals surface area (Å²) in [5, 5.41) is -0.530. The first-order valence-corrected chi connectivity index (χ1v) is 5.40. The second-order valence-electron chi connectivity index (χ2n) is 2.98. The fraction of sp³-hybridized carbons (Fsp3) is 0.500. The van der Waals surface area contributed by atoms with E-state index in [9.17, 15) is 8.42 Å². The number of fused-ring (bicyclic) bond motifs is 2. The summed E-state index contributed by atoms with van der Waals surface area (Å²) >= 11 is 0. The third-order valence-electron chi connectivity index (χ3n) is 2.26. The van der Waals surface area contributed by atoms with E-state index >= 15 is 0 Å². The highest BCUT2D eigenvalue weighted by Crippen LogP contribution is 2.27. The largest absolute Gasteiger partial charge is 0.227 e. The molecule has 2 aliphatic heterocycles. The van der Waals surface area contributed by atoms with Gasteiger partial charge in [-0.1, -0.05) is 24.3 Å². The van der Waals surface area contributed by atoms with E-state index in [4.69, 9.17) is 0 Å². The quantitative estimate of drug-likeness (QED) is 0.509. The van der Waals surface area contributed by atoms with Crippen LogP contribution in [-0.2, 0) is 9.84 Å². The number of allylic oxidation sites excluding steroid dienone is 1. The molecule has 0 aromatic rings. The first-order chi connectivity index (χ1) is 5.21. The van der Waals surface area contributed by atoms with Crippen LogP contribution in [0.1, 0.15) is 12.8 Å². The van der Waals surface area contributed by atoms with Crippen LogP contribution in [-0.4, -0.2) is 18.9 Å². The molecule has 0 radical (unpaired) electrons. The minimum Gasteiger partial charge on any atom is -0.227 e. The summed E-state index contributed by atoms with van der Waals surface area (Å²) < 4.78 is 23.0. The Morgan fingerprint density at radius 2 is 2.00 bits per heavy atom. The third-order valence-corrected chi connectivity index (χ3v) is 4.57. The lowest BCUT2D eigenvalue weighted by Gasteiger charge is -2.06. The van der Waals surface area contributed by atoms with E-state index in [0.717, 1.165) is 12.8 Å². The van der Waals surface area contributed by atoms with Crippen molar-refractivity contribution in [2.75, 3.05) is 0 Å². The van der Waals surface area contributed by atoms with E-state index in [1.807, 2.05) is 12.2 Å². The van der Waals surface area contributed by atoms with Crippen molar-refractivity contribution in [1.82, 2.24) is 0 Å². The summed E-state index contributed by atoms with van der Waals surface area (Å²) in [4.78, 5) is 0. The zero-order valence-corrected chi connectivity index (χ0v) is 6.92. The van der Waals surface area contributed by atoms with Gasteiger partial charge in [0.2, 0.25) is 0 Å². The lowest BCUT2D eigenvalue weighted by molar-refractivity contribution is 0.588. The van der Waals surface area contributed by atoms with E-state index in [0.29, 0.717) is 0 Å². The molecule has 2 aliphatic rings. The molecule has 0 N–H and O–H groups in total. The lowest BCUT2D eigenvalue weighted by Crippen LogP contribution is -2.20. The average Bonchev–Trinajstić information content (AvgIpc) is 2.00. The summed E-state index contributed by atoms with van der Waals surface area (Å²) in [5.74, 6) is 0. The molecule has 0 aromatic carbocycles. The van der Waals surface area contributed by atoms with Gasteiger partial charge in [0.25, 0.3) is 0 Å². The van der Waals surface area contributed by atoms with Gasteiger partial charge in [0.15, 0.2) is 9.84 Å². The van der Waals surface area contributed by atoms with Crippen molar-refractivity contribution in [1.29, 1.82) is 0 Å². The smallest absolute Gasteiger partial charge is 0.166 e. The Labute approximate surface area is 66.5 Å². The molecule has 2 atom stereocenters. The van der Waals surface area contributed by atoms with Gasteiger partial charge < -0.3 is 0 Å². The molecule has 0 saturated carbocycles. The monoisotopic (exact) mass is 170 g/mol. The van der Waals surface area contributed by atoms with E-state index in [1.54, 1.807) is 12.2 Å². The summed E-state index contributed by atoms with van der Waals surface area (Å²) in [6.07, 6.45) is 9.01. The Balaban J connectivity index is 2.50. The second kappa shape index (κ2) is 2.21. The molecule has 60 valence electrons. The van der Waals surface area contributed by atoms with Gasteiger partial charge >= 0.3 is 0 Å². The van der Waals surface area contributed by atoms with E-state index < -0.39 is 9.84 Å². The second-order valence-corrected chi connectivity index (χ2v) is 5.31. The fourth-order valence-corrected chi connectivity index (χ4v) is 3.40. The number of hydrogen-bond acceptors (Lipinski definition) is 2. The van der Waals surface area contributed by atoms with Crippen molar-refractivity contribution in [3.63, 3.8) is 0 Å². The Morgan fingerprint density at radius 3 is 2.82 bits per heavy atom. The van der Waals surface area contributed by atoms with Crippen molar-refractivity contribution >= 4 is 9.84 Å². The minimum atomic E-state index is -2.86. The van der Waals surface area contributed by atoms with Crippen LogP contribution in [0.4, 0.5) is 0 Å². The molecule has 0 saturated heterocycles. The van der Waals surface area contributed by atoms with Gasteiger partial charge in [0.1, 0.15) is 0 Å². The van der Waals surface area contributed by atoms with Crippen molar-refractivity contribution < 1.29 is 8.42 Å². The van der Waals surface area contributed by atoms with Crippen LogP contribution in [0.15, 0.2) is 24.3 Å². The van der Waals surface area contributed by atoms with Crippen molar-refractivity contribution in [2.45, 2.75) is 23.3 Å². The molecule has 3 heteroatoms. The molecule has 0 aromatic heterocycles. The number of sulfone groups is 1. The minimum absolute atomic E-state index is 0.206. The molecule has 2 rings (SSSR count). The Hall–Kier alpha value is -0.570. The van der Waals surface area contributed by atoms with Gasteiger partial charge in [-0.15, -0.1) is 0 Å². The van der Waals surface area contributed by atoms with Gasteiger partial charge in [-0.2, -0.15) is 0 Å². The normalized spacial score (nSPS) is 38.9. The zero-order chi connectivity index (χ0) is 7.90. The zero-order valence-electron chi connectivity index (χ0n) is 6.10. The van der Waals surface area contributed by atoms with E-state index in [-0.39, 0.29) is 10.5 Å². The molecule has 0 aliphatic carbocycles. The maximum Gasteiger partial charge on any atom is 0.166 e. The summed E-state index contributed by atoms with van der Waals surface area (Å²) in [6.45, 7) is 0. The Morgan fingerprint density at radius 1 is 1.18 bits per heavy atom. The Bertz CT molecular complexity index is 311. The van der Waals surface area contributed by atoms with E-state index in [2.05, 4.69) is 0 Å². The van der Waals surface area contributed by atoms with Gasteiger partial charge in [-0.3, -0.25) is 0 Å². The summed E-state index contributed by atoms with van der Waals surface area (Å²) in [5.41, 5.74) is 0. The van der Waals surface area contributed by atoms with Crippen molar-refractivity contribution in [2.24, 2.45) is 0 Å². The first-order valence-electron chi connectivity index (χ1n) is 3.79. The maximum atomic E-state index is 11.5. The van der Waals surface area contributed by atoms with Gasteiger partial charge in [0.05, 0.1) is 10.5 Å². The van der Waals surface area contributed by atoms with Crippen molar-refractivity contribution in [3.05, 3.63) is 24.3 Å². The predicted molar refractivity (Wildman–Crippen MR) is 44.0 cm³/mol. The van der Waals surface area contributed by atoms with Crippen LogP contribution in [0.5, 0.6) is 0 Å². The van der Waals surface area contributed by atoms with E-state index in [1.165, 1.54) is 0 Å². The molecule has 11 heavy (non-hydrogen) atoms. The SMILES string of the molecule is O=S1(=O)[C@@H]2C=CCC[C@H]1C=C2. The highest BCUT2D eigenvalue weighted by atomic mass is 32.2. The molecular weight excluding hydrogens is 160 g/mol. The highest BCUT2D eigenvalue weighted by Gasteiger charge is 2.35. The van der Waals surface area contributed by atoms with Gasteiger partial charge in [0, 0.05) is 0 Å². The molecule has 0 unspecified atom stereocenters. The number of rotatable bonds is 0. The molecule has 0 amide bonds. The molecule has 2 bridgehead atoms. The maximum absolute atomic E-state index is 11.5. The predicted octanol–water partition coefficient (Wildman–Crippen LogP) is 1.06. The van der Waals surface area contributed by atoms with Crippen molar-refractivity contribution in [3.8, 4) is 0 Å². The third kappa shape index (κ3) is 0.948. The van der Waals surface area contributed by atoms with Gasteiger partial charge in [-0.25, -0.2) is 8.42 Å². The average molecular weight is 170 g/mol. The van der Waals surface area contributed by atoms with Gasteiger partial charge in [-0.05, 0) is 12.8 Å². The summed E-state index contributed by atoms with van der Waals surface area (Å²) in [6, 6.07) is 0. The fourth-order valence-electron chi connectivity index (χ4n) is 1.58. The topological polar surface area (TPSA) is 34.1 Å². The molecule has 0 spiro atoms. The van der Waals surface area contributed by atoms with Crippen LogP contribution in [0.3, 0.4) is 0 Å². The number of hydrogen-bond donors (Lipinski definition) is 0. The molecule has 0 fully saturated rings. The van der Waals surface area contributed by atoms with Crippen LogP contribution in [0, 0.1) is 0 Å². The molecule has 2 heterocycles. The lowest BCUT2D eigenvalue weighted by atomic mass is 10.1. The summed E-state index contributed by atoms with van der Waals surface area (Å²) in [7, 11) is -2.86. The molecule has 2 nitrogen and oxygen atoms in total. The Kier molecular flexibility index (Phi) is 1.42. The van der Waals surface area contributed by atoms with Crippen LogP contribution in [0.25, 0.3) is 0 Å². The van der Waals surface area contributed by atoms with Crippen LogP contribution >= 0.6 is 0 Å². The van der Waals surface area contributed by atoms with Crippen LogP contribution in [0.2, 0.25) is 0 Å². The molecular formula is C8H10O2S. The first kappa shape index (κ1) is 7.10.